The van der Waals surface area contributed by atoms with Crippen LogP contribution in [0, 0.1) is 18.3 Å². The summed E-state index contributed by atoms with van der Waals surface area (Å²) in [4.78, 5) is 13.3. The van der Waals surface area contributed by atoms with Gasteiger partial charge in [-0.3, -0.25) is 4.57 Å². The number of terminal acetylenes is 1. The number of fused-ring (bicyclic) bond motifs is 2. The molecule has 154 valence electrons. The highest BCUT2D eigenvalue weighted by molar-refractivity contribution is 5.83. The second kappa shape index (κ2) is 7.22. The van der Waals surface area contributed by atoms with Crippen LogP contribution >= 0.6 is 0 Å². The van der Waals surface area contributed by atoms with Crippen molar-refractivity contribution >= 4 is 17.0 Å². The minimum atomic E-state index is -1.14. The molecule has 1 unspecified atom stereocenters. The fourth-order valence-corrected chi connectivity index (χ4v) is 5.03. The first-order valence-corrected chi connectivity index (χ1v) is 10.1. The summed E-state index contributed by atoms with van der Waals surface area (Å²) >= 11 is 0. The number of hydrogen-bond donors (Lipinski definition) is 3. The minimum Gasteiger partial charge on any atom is -0.387 e. The molecule has 2 aromatic heterocycles. The molecule has 0 bridgehead atoms. The first kappa shape index (κ1) is 18.8. The summed E-state index contributed by atoms with van der Waals surface area (Å²) in [6.45, 7) is 0.212. The van der Waals surface area contributed by atoms with Crippen molar-refractivity contribution in [2.45, 2.75) is 62.2 Å². The molecule has 3 N–H and O–H groups in total. The van der Waals surface area contributed by atoms with Crippen LogP contribution < -0.4 is 5.32 Å². The molecule has 3 aliphatic rings. The molecule has 0 aromatic carbocycles. The Bertz CT molecular complexity index is 943. The lowest BCUT2D eigenvalue weighted by molar-refractivity contribution is -0.0615. The van der Waals surface area contributed by atoms with Crippen LogP contribution in [0.3, 0.4) is 0 Å². The number of rotatable bonds is 6. The van der Waals surface area contributed by atoms with E-state index in [1.807, 2.05) is 0 Å². The Morgan fingerprint density at radius 2 is 2.17 bits per heavy atom. The van der Waals surface area contributed by atoms with E-state index >= 15 is 0 Å². The first-order valence-electron chi connectivity index (χ1n) is 10.1. The fraction of sp³-hybridized carbons (Fsp3) is 0.650. The minimum absolute atomic E-state index is 0.0945. The molecule has 1 saturated heterocycles. The van der Waals surface area contributed by atoms with E-state index in [9.17, 15) is 10.2 Å². The maximum Gasteiger partial charge on any atom is 0.167 e. The van der Waals surface area contributed by atoms with Gasteiger partial charge in [0.25, 0.3) is 0 Å². The van der Waals surface area contributed by atoms with Gasteiger partial charge in [0, 0.05) is 5.54 Å². The number of ether oxygens (including phenoxy) is 2. The van der Waals surface area contributed by atoms with Gasteiger partial charge in [-0.05, 0) is 31.6 Å². The summed E-state index contributed by atoms with van der Waals surface area (Å²) in [5, 5.41) is 24.5. The zero-order valence-electron chi connectivity index (χ0n) is 16.1. The monoisotopic (exact) mass is 399 g/mol. The number of nitrogens with one attached hydrogen (secondary N) is 1. The third kappa shape index (κ3) is 2.99. The summed E-state index contributed by atoms with van der Waals surface area (Å²) in [5.74, 6) is 3.78. The second-order valence-electron chi connectivity index (χ2n) is 8.22. The summed E-state index contributed by atoms with van der Waals surface area (Å²) in [5.41, 5.74) is 1.32. The van der Waals surface area contributed by atoms with Crippen molar-refractivity contribution in [3.05, 3.63) is 12.7 Å². The van der Waals surface area contributed by atoms with Crippen molar-refractivity contribution in [2.75, 3.05) is 18.5 Å². The van der Waals surface area contributed by atoms with Gasteiger partial charge < -0.3 is 25.0 Å². The van der Waals surface area contributed by atoms with Crippen molar-refractivity contribution in [1.29, 1.82) is 0 Å². The van der Waals surface area contributed by atoms with E-state index in [2.05, 4.69) is 26.2 Å². The van der Waals surface area contributed by atoms with Gasteiger partial charge in [0.1, 0.15) is 31.2 Å². The van der Waals surface area contributed by atoms with E-state index in [0.29, 0.717) is 22.9 Å². The maximum atomic E-state index is 10.5. The molecule has 0 spiro atoms. The Hall–Kier alpha value is -2.25. The third-order valence-corrected chi connectivity index (χ3v) is 6.70. The Kier molecular flexibility index (Phi) is 4.67. The Labute approximate surface area is 168 Å². The molecule has 1 aliphatic heterocycles. The van der Waals surface area contributed by atoms with Gasteiger partial charge in [-0.25, -0.2) is 15.0 Å². The summed E-state index contributed by atoms with van der Waals surface area (Å²) in [6, 6.07) is 0. The second-order valence-corrected chi connectivity index (χ2v) is 8.22. The summed E-state index contributed by atoms with van der Waals surface area (Å²) in [6.07, 6.45) is 10.6. The number of imidazole rings is 1. The van der Waals surface area contributed by atoms with E-state index in [1.54, 1.807) is 10.9 Å². The summed E-state index contributed by atoms with van der Waals surface area (Å²) < 4.78 is 12.8. The summed E-state index contributed by atoms with van der Waals surface area (Å²) in [7, 11) is 0. The number of aliphatic hydroxyl groups is 2. The van der Waals surface area contributed by atoms with E-state index < -0.39 is 24.5 Å². The molecule has 3 fully saturated rings. The van der Waals surface area contributed by atoms with E-state index in [-0.39, 0.29) is 18.8 Å². The number of aromatic nitrogens is 4. The number of aliphatic hydroxyl groups excluding tert-OH is 2. The Morgan fingerprint density at radius 1 is 1.28 bits per heavy atom. The first-order chi connectivity index (χ1) is 14.1. The molecule has 2 saturated carbocycles. The van der Waals surface area contributed by atoms with Crippen LogP contribution in [0.15, 0.2) is 12.7 Å². The van der Waals surface area contributed by atoms with Crippen LogP contribution in [0.25, 0.3) is 11.2 Å². The molecule has 3 heterocycles. The van der Waals surface area contributed by atoms with Crippen LogP contribution in [0.2, 0.25) is 0 Å². The van der Waals surface area contributed by atoms with Crippen LogP contribution in [0.1, 0.15) is 38.3 Å². The Balaban J connectivity index is 1.40. The van der Waals surface area contributed by atoms with Crippen molar-refractivity contribution in [2.24, 2.45) is 5.92 Å². The van der Waals surface area contributed by atoms with E-state index in [1.165, 1.54) is 25.6 Å². The zero-order chi connectivity index (χ0) is 20.0. The number of nitrogens with zero attached hydrogens (tertiary/aromatic N) is 4. The molecule has 0 radical (unpaired) electrons. The van der Waals surface area contributed by atoms with Gasteiger partial charge in [0.2, 0.25) is 0 Å². The van der Waals surface area contributed by atoms with Crippen LogP contribution in [0.5, 0.6) is 0 Å². The molecule has 5 rings (SSSR count). The van der Waals surface area contributed by atoms with Crippen LogP contribution in [-0.4, -0.2) is 66.8 Å². The van der Waals surface area contributed by atoms with Crippen LogP contribution in [0.4, 0.5) is 5.82 Å². The topological polar surface area (TPSA) is 115 Å². The average Bonchev–Trinajstić information content (AvgIpc) is 3.34. The normalized spacial score (nSPS) is 36.0. The standard InChI is InChI=1S/C20H25N5O4/c1-2-8-28-9-13-15(26)16(27)19(29-13)25-11-23-14-17(21-10-22-18(14)25)24-20-6-3-4-12(20)5-7-20/h1,10-13,15-16,19,26-27H,3-9H2,(H,21,22,24)/t12?,13-,15+,16+,19+,20-/m0/s1. The highest BCUT2D eigenvalue weighted by Gasteiger charge is 2.50. The zero-order valence-corrected chi connectivity index (χ0v) is 16.1. The smallest absolute Gasteiger partial charge is 0.167 e. The molecule has 2 aromatic rings. The lowest BCUT2D eigenvalue weighted by Gasteiger charge is -2.46. The van der Waals surface area contributed by atoms with Crippen molar-refractivity contribution in [1.82, 2.24) is 19.5 Å². The molecule has 6 atom stereocenters. The molecule has 9 heteroatoms. The quantitative estimate of drug-likeness (QED) is 0.484. The van der Waals surface area contributed by atoms with E-state index in [4.69, 9.17) is 15.9 Å². The predicted molar refractivity (Wildman–Crippen MR) is 104 cm³/mol. The third-order valence-electron chi connectivity index (χ3n) is 6.70. The fourth-order valence-electron chi connectivity index (χ4n) is 5.03. The molecular formula is C20H25N5O4. The Morgan fingerprint density at radius 3 is 2.93 bits per heavy atom. The lowest BCUT2D eigenvalue weighted by Crippen LogP contribution is -2.49. The van der Waals surface area contributed by atoms with Gasteiger partial charge in [-0.2, -0.15) is 0 Å². The predicted octanol–water partition coefficient (Wildman–Crippen LogP) is 0.840. The van der Waals surface area contributed by atoms with Crippen molar-refractivity contribution in [3.63, 3.8) is 0 Å². The molecule has 9 nitrogen and oxygen atoms in total. The van der Waals surface area contributed by atoms with Crippen LogP contribution in [-0.2, 0) is 9.47 Å². The maximum absolute atomic E-state index is 10.5. The molecule has 0 amide bonds. The average molecular weight is 399 g/mol. The largest absolute Gasteiger partial charge is 0.387 e. The van der Waals surface area contributed by atoms with Gasteiger partial charge >= 0.3 is 0 Å². The van der Waals surface area contributed by atoms with Crippen molar-refractivity contribution in [3.8, 4) is 12.3 Å². The van der Waals surface area contributed by atoms with Gasteiger partial charge in [0.15, 0.2) is 23.2 Å². The number of anilines is 1. The van der Waals surface area contributed by atoms with Crippen molar-refractivity contribution < 1.29 is 19.7 Å². The highest BCUT2D eigenvalue weighted by Crippen LogP contribution is 2.52. The molecule has 2 aliphatic carbocycles. The number of hydrogen-bond acceptors (Lipinski definition) is 8. The SMILES string of the molecule is C#CCOC[C@@H]1O[C@@H](n2cnc3c(N[C@]45CCCC4CC5)ncnc32)[C@H](O)[C@@H]1O. The highest BCUT2D eigenvalue weighted by atomic mass is 16.6. The molecule has 29 heavy (non-hydrogen) atoms. The molecular weight excluding hydrogens is 374 g/mol. The lowest BCUT2D eigenvalue weighted by atomic mass is 9.69. The van der Waals surface area contributed by atoms with Gasteiger partial charge in [-0.1, -0.05) is 12.3 Å². The van der Waals surface area contributed by atoms with Gasteiger partial charge in [0.05, 0.1) is 12.9 Å². The van der Waals surface area contributed by atoms with E-state index in [0.717, 1.165) is 12.8 Å². The van der Waals surface area contributed by atoms with Gasteiger partial charge in [-0.15, -0.1) is 6.42 Å².